The molecule has 140 valence electrons. The van der Waals surface area contributed by atoms with Crippen molar-refractivity contribution >= 4 is 40.0 Å². The van der Waals surface area contributed by atoms with Crippen LogP contribution in [0.4, 0.5) is 11.5 Å². The maximum absolute atomic E-state index is 12.5. The van der Waals surface area contributed by atoms with Gasteiger partial charge >= 0.3 is 5.69 Å². The lowest BCUT2D eigenvalue weighted by atomic mass is 10.2. The lowest BCUT2D eigenvalue weighted by Gasteiger charge is -2.17. The molecule has 1 heterocycles. The van der Waals surface area contributed by atoms with Gasteiger partial charge < -0.3 is 10.4 Å². The maximum Gasteiger partial charge on any atom is 0.332 e. The average Bonchev–Trinajstić information content (AvgIpc) is 2.60. The van der Waals surface area contributed by atoms with Crippen molar-refractivity contribution in [2.45, 2.75) is 6.92 Å². The Bertz CT molecular complexity index is 951. The van der Waals surface area contributed by atoms with Crippen LogP contribution >= 0.6 is 22.6 Å². The summed E-state index contributed by atoms with van der Waals surface area (Å²) in [5.41, 5.74) is 2.02. The van der Waals surface area contributed by atoms with Crippen LogP contribution in [0, 0.1) is 10.5 Å². The molecular weight excluding hydrogens is 455 g/mol. The highest BCUT2D eigenvalue weighted by molar-refractivity contribution is 14.1. The normalized spacial score (nSPS) is 10.7. The van der Waals surface area contributed by atoms with Crippen molar-refractivity contribution in [3.8, 4) is 0 Å². The minimum Gasteiger partial charge on any atom is -0.394 e. The minimum atomic E-state index is -0.819. The molecule has 0 aliphatic carbocycles. The average molecular weight is 474 g/mol. The zero-order chi connectivity index (χ0) is 19.4. The molecular formula is C16H19IN4O5. The van der Waals surface area contributed by atoms with Crippen LogP contribution in [0.25, 0.3) is 0 Å². The first kappa shape index (κ1) is 20.1. The Morgan fingerprint density at radius 3 is 2.58 bits per heavy atom. The van der Waals surface area contributed by atoms with Gasteiger partial charge in [0.15, 0.2) is 0 Å². The Balaban J connectivity index is 2.57. The standard InChI is InChI=1S/C16H19IN4O5/c1-9-8-10(17)4-5-11(9)18-13-12(14(23)19-26-7-6-22)15(24)21(3)16(25)20(13)2/h4-5,8,18,22H,6-7H2,1-3H3,(H,19,23). The molecule has 0 aliphatic rings. The molecule has 10 heteroatoms. The number of hydroxylamine groups is 1. The number of carbonyl (C=O) groups is 1. The molecule has 1 aromatic carbocycles. The molecule has 0 radical (unpaired) electrons. The Kier molecular flexibility index (Phi) is 6.56. The van der Waals surface area contributed by atoms with Gasteiger partial charge in [-0.05, 0) is 53.3 Å². The third-order valence-corrected chi connectivity index (χ3v) is 4.36. The van der Waals surface area contributed by atoms with Gasteiger partial charge in [-0.25, -0.2) is 10.3 Å². The maximum atomic E-state index is 12.5. The number of anilines is 2. The van der Waals surface area contributed by atoms with Gasteiger partial charge in [-0.2, -0.15) is 0 Å². The zero-order valence-corrected chi connectivity index (χ0v) is 16.7. The van der Waals surface area contributed by atoms with Gasteiger partial charge in [-0.15, -0.1) is 0 Å². The van der Waals surface area contributed by atoms with Crippen LogP contribution in [0.1, 0.15) is 15.9 Å². The second-order valence-electron chi connectivity index (χ2n) is 5.52. The second kappa shape index (κ2) is 8.47. The third-order valence-electron chi connectivity index (χ3n) is 3.69. The number of aryl methyl sites for hydroxylation is 1. The first-order valence-corrected chi connectivity index (χ1v) is 8.72. The number of aliphatic hydroxyl groups excluding tert-OH is 1. The molecule has 0 unspecified atom stereocenters. The number of hydrogen-bond acceptors (Lipinski definition) is 6. The monoisotopic (exact) mass is 474 g/mol. The van der Waals surface area contributed by atoms with Crippen LogP contribution in [0.15, 0.2) is 27.8 Å². The number of amides is 1. The third kappa shape index (κ3) is 4.14. The molecule has 0 saturated carbocycles. The van der Waals surface area contributed by atoms with Crippen LogP contribution in [0.3, 0.4) is 0 Å². The number of halogens is 1. The largest absolute Gasteiger partial charge is 0.394 e. The van der Waals surface area contributed by atoms with Crippen molar-refractivity contribution < 1.29 is 14.7 Å². The van der Waals surface area contributed by atoms with E-state index < -0.39 is 17.2 Å². The summed E-state index contributed by atoms with van der Waals surface area (Å²) in [7, 11) is 2.74. The predicted molar refractivity (Wildman–Crippen MR) is 105 cm³/mol. The summed E-state index contributed by atoms with van der Waals surface area (Å²) in [5, 5.41) is 11.7. The first-order chi connectivity index (χ1) is 12.3. The van der Waals surface area contributed by atoms with E-state index in [1.807, 2.05) is 19.1 Å². The molecule has 2 rings (SSSR count). The van der Waals surface area contributed by atoms with E-state index >= 15 is 0 Å². The van der Waals surface area contributed by atoms with Crippen molar-refractivity contribution in [2.75, 3.05) is 18.5 Å². The molecule has 0 spiro atoms. The van der Waals surface area contributed by atoms with E-state index in [1.165, 1.54) is 18.7 Å². The molecule has 9 nitrogen and oxygen atoms in total. The SMILES string of the molecule is Cc1cc(I)ccc1Nc1c(C(=O)NOCCO)c(=O)n(C)c(=O)n1C. The Labute approximate surface area is 162 Å². The fraction of sp³-hybridized carbons (Fsp3) is 0.312. The van der Waals surface area contributed by atoms with Crippen molar-refractivity contribution in [3.63, 3.8) is 0 Å². The summed E-state index contributed by atoms with van der Waals surface area (Å²) < 4.78 is 3.05. The van der Waals surface area contributed by atoms with E-state index in [0.717, 1.165) is 13.7 Å². The quantitative estimate of drug-likeness (QED) is 0.317. The summed E-state index contributed by atoms with van der Waals surface area (Å²) in [6, 6.07) is 5.58. The molecule has 0 bridgehead atoms. The van der Waals surface area contributed by atoms with Gasteiger partial charge in [-0.3, -0.25) is 23.6 Å². The van der Waals surface area contributed by atoms with E-state index in [-0.39, 0.29) is 24.6 Å². The smallest absolute Gasteiger partial charge is 0.332 e. The van der Waals surface area contributed by atoms with Gasteiger partial charge in [0.25, 0.3) is 11.5 Å². The highest BCUT2D eigenvalue weighted by Crippen LogP contribution is 2.22. The fourth-order valence-corrected chi connectivity index (χ4v) is 2.95. The lowest BCUT2D eigenvalue weighted by molar-refractivity contribution is 0.0167. The number of aliphatic hydroxyl groups is 1. The number of benzene rings is 1. The fourth-order valence-electron chi connectivity index (χ4n) is 2.30. The highest BCUT2D eigenvalue weighted by atomic mass is 127. The van der Waals surface area contributed by atoms with Crippen molar-refractivity contribution in [1.29, 1.82) is 0 Å². The number of nitrogens with zero attached hydrogens (tertiary/aromatic N) is 2. The topological polar surface area (TPSA) is 115 Å². The highest BCUT2D eigenvalue weighted by Gasteiger charge is 2.23. The summed E-state index contributed by atoms with van der Waals surface area (Å²) >= 11 is 2.17. The van der Waals surface area contributed by atoms with Gasteiger partial charge in [0.05, 0.1) is 13.2 Å². The Morgan fingerprint density at radius 1 is 1.27 bits per heavy atom. The molecule has 0 atom stereocenters. The molecule has 26 heavy (non-hydrogen) atoms. The van der Waals surface area contributed by atoms with Crippen LogP contribution in [0.5, 0.6) is 0 Å². The van der Waals surface area contributed by atoms with Crippen LogP contribution in [-0.2, 0) is 18.9 Å². The molecule has 2 aromatic rings. The van der Waals surface area contributed by atoms with E-state index in [4.69, 9.17) is 9.94 Å². The van der Waals surface area contributed by atoms with Crippen molar-refractivity contribution in [2.24, 2.45) is 14.1 Å². The molecule has 1 amide bonds. The molecule has 0 saturated heterocycles. The first-order valence-electron chi connectivity index (χ1n) is 7.64. The molecule has 0 aliphatic heterocycles. The lowest BCUT2D eigenvalue weighted by Crippen LogP contribution is -2.43. The molecule has 1 aromatic heterocycles. The Morgan fingerprint density at radius 2 is 1.96 bits per heavy atom. The van der Waals surface area contributed by atoms with Gasteiger partial charge in [-0.1, -0.05) is 0 Å². The summed E-state index contributed by atoms with van der Waals surface area (Å²) in [6.45, 7) is 1.45. The number of aromatic nitrogens is 2. The predicted octanol–water partition coefficient (Wildman–Crippen LogP) is 0.394. The minimum absolute atomic E-state index is 0.0486. The van der Waals surface area contributed by atoms with E-state index in [1.54, 1.807) is 6.07 Å². The van der Waals surface area contributed by atoms with Crippen LogP contribution in [0.2, 0.25) is 0 Å². The van der Waals surface area contributed by atoms with Gasteiger partial charge in [0.2, 0.25) is 0 Å². The van der Waals surface area contributed by atoms with Gasteiger partial charge in [0.1, 0.15) is 11.4 Å². The second-order valence-corrected chi connectivity index (χ2v) is 6.76. The summed E-state index contributed by atoms with van der Waals surface area (Å²) in [5.74, 6) is -0.771. The number of hydrogen-bond donors (Lipinski definition) is 3. The van der Waals surface area contributed by atoms with Crippen molar-refractivity contribution in [3.05, 3.63) is 53.7 Å². The number of carbonyl (C=O) groups excluding carboxylic acids is 1. The molecule has 3 N–H and O–H groups in total. The van der Waals surface area contributed by atoms with E-state index in [9.17, 15) is 14.4 Å². The molecule has 0 fully saturated rings. The Hall–Kier alpha value is -2.18. The number of rotatable bonds is 6. The van der Waals surface area contributed by atoms with Crippen LogP contribution in [-0.4, -0.2) is 33.4 Å². The summed E-state index contributed by atoms with van der Waals surface area (Å²) in [4.78, 5) is 42.0. The van der Waals surface area contributed by atoms with Crippen molar-refractivity contribution in [1.82, 2.24) is 14.6 Å². The van der Waals surface area contributed by atoms with Gasteiger partial charge in [0, 0.05) is 23.4 Å². The number of nitrogens with one attached hydrogen (secondary N) is 2. The van der Waals surface area contributed by atoms with E-state index in [2.05, 4.69) is 33.4 Å². The zero-order valence-electron chi connectivity index (χ0n) is 14.5. The van der Waals surface area contributed by atoms with E-state index in [0.29, 0.717) is 5.69 Å². The summed E-state index contributed by atoms with van der Waals surface area (Å²) in [6.07, 6.45) is 0. The van der Waals surface area contributed by atoms with Crippen LogP contribution < -0.4 is 22.0 Å².